The molecule has 0 bridgehead atoms. The van der Waals surface area contributed by atoms with Crippen LogP contribution in [0.4, 0.5) is 5.69 Å². The smallest absolute Gasteiger partial charge is 0.231 e. The summed E-state index contributed by atoms with van der Waals surface area (Å²) in [6, 6.07) is 4.05. The summed E-state index contributed by atoms with van der Waals surface area (Å²) in [6.07, 6.45) is 4.37. The molecule has 2 atom stereocenters. The summed E-state index contributed by atoms with van der Waals surface area (Å²) in [5.41, 5.74) is 6.67. The minimum absolute atomic E-state index is 0.0452. The molecule has 2 N–H and O–H groups in total. The van der Waals surface area contributed by atoms with Crippen molar-refractivity contribution < 1.29 is 4.79 Å². The number of nitrogens with two attached hydrogens (primary N) is 1. The molecule has 1 aromatic rings. The van der Waals surface area contributed by atoms with Crippen LogP contribution in [0.5, 0.6) is 0 Å². The minimum Gasteiger partial charge on any atom is -0.371 e. The van der Waals surface area contributed by atoms with Crippen LogP contribution in [0.3, 0.4) is 0 Å². The Bertz CT molecular complexity index is 649. The standard InChI is InChI=1S/C16H22BrN5O/c1-16(9-14(23)21(2)15(18)20-16)11-4-3-7-22(10-11)12-5-6-19-13(17)8-12/h5-6,8,11H,3-4,7,9-10H2,1-2H3,(H2,18,20)/t11?,16-/m0/s1. The molecule has 7 heteroatoms. The molecule has 1 fully saturated rings. The molecular formula is C16H22BrN5O. The summed E-state index contributed by atoms with van der Waals surface area (Å²) < 4.78 is 0.833. The monoisotopic (exact) mass is 379 g/mol. The number of carbonyl (C=O) groups is 1. The number of amides is 1. The fraction of sp³-hybridized carbons (Fsp3) is 0.562. The van der Waals surface area contributed by atoms with Gasteiger partial charge in [-0.05, 0) is 47.8 Å². The maximum Gasteiger partial charge on any atom is 0.231 e. The number of nitrogens with zero attached hydrogens (tertiary/aromatic N) is 4. The van der Waals surface area contributed by atoms with Gasteiger partial charge in [-0.1, -0.05) is 0 Å². The number of aromatic nitrogens is 1. The Morgan fingerprint density at radius 1 is 1.48 bits per heavy atom. The van der Waals surface area contributed by atoms with Gasteiger partial charge in [0.2, 0.25) is 5.91 Å². The second-order valence-corrected chi connectivity index (χ2v) is 7.39. The highest BCUT2D eigenvalue weighted by Crippen LogP contribution is 2.37. The van der Waals surface area contributed by atoms with E-state index >= 15 is 0 Å². The molecule has 23 heavy (non-hydrogen) atoms. The molecule has 0 radical (unpaired) electrons. The zero-order valence-corrected chi connectivity index (χ0v) is 15.1. The summed E-state index contributed by atoms with van der Waals surface area (Å²) in [4.78, 5) is 24.8. The van der Waals surface area contributed by atoms with Crippen molar-refractivity contribution in [3.8, 4) is 0 Å². The highest BCUT2D eigenvalue weighted by molar-refractivity contribution is 9.10. The van der Waals surface area contributed by atoms with Crippen molar-refractivity contribution in [3.63, 3.8) is 0 Å². The molecule has 1 saturated heterocycles. The lowest BCUT2D eigenvalue weighted by atomic mass is 9.77. The number of carbonyl (C=O) groups excluding carboxylic acids is 1. The lowest BCUT2D eigenvalue weighted by Crippen LogP contribution is -2.54. The Labute approximate surface area is 144 Å². The van der Waals surface area contributed by atoms with Crippen molar-refractivity contribution in [3.05, 3.63) is 22.9 Å². The molecule has 0 spiro atoms. The SMILES string of the molecule is CN1C(=O)C[C@@](C)(C2CCCN(c3ccnc(Br)c3)C2)N=C1N. The van der Waals surface area contributed by atoms with Gasteiger partial charge >= 0.3 is 0 Å². The first-order valence-electron chi connectivity index (χ1n) is 7.87. The largest absolute Gasteiger partial charge is 0.371 e. The summed E-state index contributed by atoms with van der Waals surface area (Å²) in [5, 5.41) is 0. The van der Waals surface area contributed by atoms with Crippen LogP contribution >= 0.6 is 15.9 Å². The fourth-order valence-corrected chi connectivity index (χ4v) is 3.83. The first-order chi connectivity index (χ1) is 10.9. The van der Waals surface area contributed by atoms with E-state index in [0.717, 1.165) is 36.2 Å². The van der Waals surface area contributed by atoms with Gasteiger partial charge in [0.25, 0.3) is 0 Å². The van der Waals surface area contributed by atoms with Crippen molar-refractivity contribution in [2.24, 2.45) is 16.6 Å². The minimum atomic E-state index is -0.420. The van der Waals surface area contributed by atoms with Gasteiger partial charge in [-0.3, -0.25) is 9.69 Å². The van der Waals surface area contributed by atoms with Gasteiger partial charge in [0.1, 0.15) is 4.60 Å². The van der Waals surface area contributed by atoms with Gasteiger partial charge < -0.3 is 10.6 Å². The van der Waals surface area contributed by atoms with Gasteiger partial charge in [0, 0.05) is 37.9 Å². The van der Waals surface area contributed by atoms with E-state index in [1.54, 1.807) is 13.2 Å². The van der Waals surface area contributed by atoms with E-state index < -0.39 is 5.54 Å². The third kappa shape index (κ3) is 3.20. The molecule has 3 rings (SSSR count). The van der Waals surface area contributed by atoms with Crippen LogP contribution in [0, 0.1) is 5.92 Å². The Kier molecular flexibility index (Phi) is 4.31. The normalized spacial score (nSPS) is 28.7. The quantitative estimate of drug-likeness (QED) is 0.797. The van der Waals surface area contributed by atoms with Crippen molar-refractivity contribution in [2.75, 3.05) is 25.0 Å². The molecule has 2 aliphatic heterocycles. The molecule has 2 aliphatic rings. The van der Waals surface area contributed by atoms with Gasteiger partial charge in [-0.15, -0.1) is 0 Å². The van der Waals surface area contributed by atoms with E-state index in [9.17, 15) is 4.79 Å². The van der Waals surface area contributed by atoms with E-state index in [1.807, 2.05) is 12.1 Å². The highest BCUT2D eigenvalue weighted by atomic mass is 79.9. The van der Waals surface area contributed by atoms with E-state index in [2.05, 4.69) is 37.7 Å². The van der Waals surface area contributed by atoms with Crippen molar-refractivity contribution in [2.45, 2.75) is 31.7 Å². The van der Waals surface area contributed by atoms with Crippen molar-refractivity contribution in [1.29, 1.82) is 0 Å². The van der Waals surface area contributed by atoms with Crippen molar-refractivity contribution in [1.82, 2.24) is 9.88 Å². The average Bonchev–Trinajstić information content (AvgIpc) is 2.53. The van der Waals surface area contributed by atoms with Gasteiger partial charge in [-0.25, -0.2) is 9.98 Å². The molecule has 3 heterocycles. The number of halogens is 1. The Morgan fingerprint density at radius 3 is 2.96 bits per heavy atom. The topological polar surface area (TPSA) is 74.8 Å². The number of guanidine groups is 1. The summed E-state index contributed by atoms with van der Waals surface area (Å²) in [5.74, 6) is 0.677. The van der Waals surface area contributed by atoms with Crippen molar-refractivity contribution >= 4 is 33.5 Å². The third-order valence-electron chi connectivity index (χ3n) is 4.97. The fourth-order valence-electron chi connectivity index (χ4n) is 3.47. The molecule has 1 amide bonds. The molecule has 0 aromatic carbocycles. The first-order valence-corrected chi connectivity index (χ1v) is 8.67. The highest BCUT2D eigenvalue weighted by Gasteiger charge is 2.42. The lowest BCUT2D eigenvalue weighted by Gasteiger charge is -2.44. The van der Waals surface area contributed by atoms with Gasteiger partial charge in [-0.2, -0.15) is 0 Å². The molecule has 1 aromatic heterocycles. The average molecular weight is 380 g/mol. The zero-order valence-electron chi connectivity index (χ0n) is 13.5. The number of rotatable bonds is 2. The van der Waals surface area contributed by atoms with Crippen LogP contribution in [0.1, 0.15) is 26.2 Å². The number of hydrogen-bond acceptors (Lipinski definition) is 5. The second-order valence-electron chi connectivity index (χ2n) is 6.58. The Hall–Kier alpha value is -1.63. The molecule has 0 saturated carbocycles. The van der Waals surface area contributed by atoms with E-state index in [-0.39, 0.29) is 5.91 Å². The van der Waals surface area contributed by atoms with Crippen LogP contribution in [0.25, 0.3) is 0 Å². The lowest BCUT2D eigenvalue weighted by molar-refractivity contribution is -0.129. The van der Waals surface area contributed by atoms with Gasteiger partial charge in [0.05, 0.1) is 12.0 Å². The van der Waals surface area contributed by atoms with E-state index in [1.165, 1.54) is 4.90 Å². The van der Waals surface area contributed by atoms with E-state index in [0.29, 0.717) is 18.3 Å². The van der Waals surface area contributed by atoms with Crippen LogP contribution in [-0.2, 0) is 4.79 Å². The predicted molar refractivity (Wildman–Crippen MR) is 94.3 cm³/mol. The summed E-state index contributed by atoms with van der Waals surface area (Å²) in [6.45, 7) is 3.94. The molecule has 1 unspecified atom stereocenters. The van der Waals surface area contributed by atoms with Crippen LogP contribution in [-0.4, -0.2) is 47.4 Å². The number of aliphatic imine (C=N–C) groups is 1. The predicted octanol–water partition coefficient (Wildman–Crippen LogP) is 2.00. The number of anilines is 1. The first kappa shape index (κ1) is 16.2. The second kappa shape index (κ2) is 6.11. The van der Waals surface area contributed by atoms with E-state index in [4.69, 9.17) is 5.73 Å². The molecule has 124 valence electrons. The summed E-state index contributed by atoms with van der Waals surface area (Å²) >= 11 is 3.43. The maximum absolute atomic E-state index is 12.2. The Balaban J connectivity index is 1.82. The Morgan fingerprint density at radius 2 is 2.26 bits per heavy atom. The van der Waals surface area contributed by atoms with Gasteiger partial charge in [0.15, 0.2) is 5.96 Å². The van der Waals surface area contributed by atoms with Crippen LogP contribution in [0.2, 0.25) is 0 Å². The molecule has 0 aliphatic carbocycles. The third-order valence-corrected chi connectivity index (χ3v) is 5.41. The van der Waals surface area contributed by atoms with Crippen LogP contribution < -0.4 is 10.6 Å². The maximum atomic E-state index is 12.2. The number of hydrogen-bond donors (Lipinski definition) is 1. The zero-order chi connectivity index (χ0) is 16.6. The summed E-state index contributed by atoms with van der Waals surface area (Å²) in [7, 11) is 1.68. The molecular weight excluding hydrogens is 358 g/mol. The molecule has 6 nitrogen and oxygen atoms in total. The number of piperidine rings is 1. The number of pyridine rings is 1. The van der Waals surface area contributed by atoms with Crippen LogP contribution in [0.15, 0.2) is 27.9 Å².